The van der Waals surface area contributed by atoms with E-state index in [9.17, 15) is 9.59 Å². The summed E-state index contributed by atoms with van der Waals surface area (Å²) in [7, 11) is 1.33. The number of hydrogen-bond donors (Lipinski definition) is 0. The Morgan fingerprint density at radius 1 is 1.10 bits per heavy atom. The molecule has 7 nitrogen and oxygen atoms in total. The van der Waals surface area contributed by atoms with Gasteiger partial charge in [-0.25, -0.2) is 4.68 Å². The van der Waals surface area contributed by atoms with Crippen molar-refractivity contribution in [1.29, 1.82) is 0 Å². The van der Waals surface area contributed by atoms with E-state index in [-0.39, 0.29) is 6.54 Å². The number of carbonyl (C=O) groups excluding carboxylic acids is 2. The Morgan fingerprint density at radius 3 is 2.59 bits per heavy atom. The maximum absolute atomic E-state index is 12.9. The summed E-state index contributed by atoms with van der Waals surface area (Å²) in [4.78, 5) is 29.5. The van der Waals surface area contributed by atoms with Crippen molar-refractivity contribution in [2.75, 3.05) is 7.11 Å². The largest absolute Gasteiger partial charge is 0.468 e. The molecule has 0 unspecified atom stereocenters. The van der Waals surface area contributed by atoms with E-state index >= 15 is 0 Å². The van der Waals surface area contributed by atoms with E-state index < -0.39 is 11.9 Å². The number of hydrogen-bond acceptors (Lipinski definition) is 5. The fraction of sp³-hybridized carbons (Fsp3) is 0.143. The van der Waals surface area contributed by atoms with Crippen LogP contribution in [0.25, 0.3) is 15.9 Å². The highest BCUT2D eigenvalue weighted by Gasteiger charge is 2.16. The zero-order valence-electron chi connectivity index (χ0n) is 15.9. The number of benzene rings is 2. The third-order valence-corrected chi connectivity index (χ3v) is 5.60. The second-order valence-electron chi connectivity index (χ2n) is 6.32. The van der Waals surface area contributed by atoms with Crippen molar-refractivity contribution >= 4 is 33.4 Å². The van der Waals surface area contributed by atoms with Gasteiger partial charge in [0.1, 0.15) is 6.54 Å². The molecule has 0 atom stereocenters. The third-order valence-electron chi connectivity index (χ3n) is 4.54. The lowest BCUT2D eigenvalue weighted by atomic mass is 10.2. The maximum atomic E-state index is 12.9. The number of fused-ring (bicyclic) bond motifs is 1. The van der Waals surface area contributed by atoms with Crippen molar-refractivity contribution in [3.63, 3.8) is 0 Å². The van der Waals surface area contributed by atoms with E-state index in [1.807, 2.05) is 61.5 Å². The first-order valence-electron chi connectivity index (χ1n) is 8.93. The Labute approximate surface area is 170 Å². The molecular formula is C21H18N4O3S. The molecule has 0 aliphatic rings. The molecule has 0 saturated heterocycles. The van der Waals surface area contributed by atoms with Gasteiger partial charge >= 0.3 is 5.97 Å². The summed E-state index contributed by atoms with van der Waals surface area (Å²) in [5.41, 5.74) is 2.80. The lowest BCUT2D eigenvalue weighted by Crippen LogP contribution is -2.22. The number of nitrogens with zero attached hydrogens (tertiary/aromatic N) is 4. The quantitative estimate of drug-likeness (QED) is 0.488. The average Bonchev–Trinajstić information content (AvgIpc) is 3.29. The predicted molar refractivity (Wildman–Crippen MR) is 110 cm³/mol. The Kier molecular flexibility index (Phi) is 5.09. The van der Waals surface area contributed by atoms with Gasteiger partial charge in [0.05, 0.1) is 40.5 Å². The molecule has 29 heavy (non-hydrogen) atoms. The highest BCUT2D eigenvalue weighted by molar-refractivity contribution is 7.16. The lowest BCUT2D eigenvalue weighted by molar-refractivity contribution is -0.141. The maximum Gasteiger partial charge on any atom is 0.325 e. The Morgan fingerprint density at radius 2 is 1.83 bits per heavy atom. The van der Waals surface area contributed by atoms with E-state index in [0.29, 0.717) is 16.1 Å². The topological polar surface area (TPSA) is 78.5 Å². The minimum Gasteiger partial charge on any atom is -0.468 e. The molecule has 0 aliphatic carbocycles. The zero-order chi connectivity index (χ0) is 20.4. The van der Waals surface area contributed by atoms with Crippen molar-refractivity contribution in [1.82, 2.24) is 14.3 Å². The number of carbonyl (C=O) groups is 2. The van der Waals surface area contributed by atoms with Gasteiger partial charge in [0, 0.05) is 0 Å². The van der Waals surface area contributed by atoms with E-state index in [1.54, 1.807) is 9.25 Å². The first-order valence-corrected chi connectivity index (χ1v) is 9.74. The predicted octanol–water partition coefficient (Wildman–Crippen LogP) is 3.11. The average molecular weight is 406 g/mol. The first kappa shape index (κ1) is 18.8. The molecule has 2 heterocycles. The summed E-state index contributed by atoms with van der Waals surface area (Å²) in [6, 6.07) is 17.2. The van der Waals surface area contributed by atoms with Gasteiger partial charge in [0.25, 0.3) is 5.91 Å². The number of methoxy groups -OCH3 is 1. The highest BCUT2D eigenvalue weighted by atomic mass is 32.1. The molecule has 0 saturated carbocycles. The van der Waals surface area contributed by atoms with Crippen LogP contribution in [0.5, 0.6) is 0 Å². The van der Waals surface area contributed by atoms with E-state index in [2.05, 4.69) is 10.1 Å². The van der Waals surface area contributed by atoms with Crippen molar-refractivity contribution in [3.8, 4) is 5.69 Å². The van der Waals surface area contributed by atoms with Gasteiger partial charge in [-0.15, -0.1) is 0 Å². The van der Waals surface area contributed by atoms with Crippen molar-refractivity contribution in [2.45, 2.75) is 13.5 Å². The van der Waals surface area contributed by atoms with E-state index in [4.69, 9.17) is 4.74 Å². The van der Waals surface area contributed by atoms with Gasteiger partial charge in [-0.05, 0) is 31.2 Å². The zero-order valence-corrected chi connectivity index (χ0v) is 16.7. The van der Waals surface area contributed by atoms with Gasteiger partial charge < -0.3 is 9.30 Å². The van der Waals surface area contributed by atoms with Crippen LogP contribution in [0, 0.1) is 6.92 Å². The van der Waals surface area contributed by atoms with Gasteiger partial charge in [0.2, 0.25) is 0 Å². The monoisotopic (exact) mass is 406 g/mol. The number of thiazole rings is 1. The van der Waals surface area contributed by atoms with Crippen LogP contribution in [-0.2, 0) is 16.1 Å². The molecule has 2 aromatic heterocycles. The number of rotatable bonds is 4. The molecule has 0 radical (unpaired) electrons. The molecule has 0 bridgehead atoms. The smallest absolute Gasteiger partial charge is 0.325 e. The number of aromatic nitrogens is 3. The SMILES string of the molecule is COC(=O)Cn1c(=NC(=O)c2cnn(-c3ccccc3)c2C)sc2ccccc21. The molecular weight excluding hydrogens is 388 g/mol. The number of para-hydroxylation sites is 2. The summed E-state index contributed by atoms with van der Waals surface area (Å²) in [6.07, 6.45) is 1.52. The van der Waals surface area contributed by atoms with E-state index in [1.165, 1.54) is 24.6 Å². The first-order chi connectivity index (χ1) is 14.1. The molecule has 2 aromatic carbocycles. The molecule has 8 heteroatoms. The normalized spacial score (nSPS) is 11.7. The van der Waals surface area contributed by atoms with Crippen LogP contribution >= 0.6 is 11.3 Å². The fourth-order valence-electron chi connectivity index (χ4n) is 3.05. The van der Waals surface area contributed by atoms with Crippen LogP contribution in [0.3, 0.4) is 0 Å². The summed E-state index contributed by atoms with van der Waals surface area (Å²) >= 11 is 1.35. The summed E-state index contributed by atoms with van der Waals surface area (Å²) in [5, 5.41) is 4.33. The van der Waals surface area contributed by atoms with Crippen molar-refractivity contribution in [2.24, 2.45) is 4.99 Å². The van der Waals surface area contributed by atoms with Crippen LogP contribution in [0.4, 0.5) is 0 Å². The molecule has 146 valence electrons. The molecule has 4 aromatic rings. The number of esters is 1. The molecule has 0 aliphatic heterocycles. The van der Waals surface area contributed by atoms with Crippen LogP contribution in [-0.4, -0.2) is 33.3 Å². The second kappa shape index (κ2) is 7.84. The molecule has 0 spiro atoms. The summed E-state index contributed by atoms with van der Waals surface area (Å²) in [6.45, 7) is 1.81. The third kappa shape index (κ3) is 3.62. The molecule has 0 N–H and O–H groups in total. The minimum atomic E-state index is -0.408. The van der Waals surface area contributed by atoms with E-state index in [0.717, 1.165) is 15.9 Å². The van der Waals surface area contributed by atoms with Crippen molar-refractivity contribution in [3.05, 3.63) is 76.9 Å². The Balaban J connectivity index is 1.78. The van der Waals surface area contributed by atoms with Crippen LogP contribution < -0.4 is 4.80 Å². The Hall–Kier alpha value is -3.52. The Bertz CT molecular complexity index is 1270. The standard InChI is InChI=1S/C21H18N4O3S/c1-14-16(12-22-25(14)15-8-4-3-5-9-15)20(27)23-21-24(13-19(26)28-2)17-10-6-7-11-18(17)29-21/h3-12H,13H2,1-2H3. The van der Waals surface area contributed by atoms with Gasteiger partial charge in [0.15, 0.2) is 4.80 Å². The van der Waals surface area contributed by atoms with Crippen LogP contribution in [0.2, 0.25) is 0 Å². The van der Waals surface area contributed by atoms with Gasteiger partial charge in [-0.3, -0.25) is 9.59 Å². The fourth-order valence-corrected chi connectivity index (χ4v) is 4.08. The lowest BCUT2D eigenvalue weighted by Gasteiger charge is -2.04. The van der Waals surface area contributed by atoms with Crippen LogP contribution in [0.15, 0.2) is 65.8 Å². The second-order valence-corrected chi connectivity index (χ2v) is 7.33. The summed E-state index contributed by atoms with van der Waals surface area (Å²) in [5.74, 6) is -0.814. The molecule has 4 rings (SSSR count). The number of amides is 1. The minimum absolute atomic E-state index is 0.0190. The molecule has 0 fully saturated rings. The van der Waals surface area contributed by atoms with Crippen molar-refractivity contribution < 1.29 is 14.3 Å². The van der Waals surface area contributed by atoms with Gasteiger partial charge in [-0.2, -0.15) is 10.1 Å². The highest BCUT2D eigenvalue weighted by Crippen LogP contribution is 2.18. The molecule has 1 amide bonds. The van der Waals surface area contributed by atoms with Crippen LogP contribution in [0.1, 0.15) is 16.1 Å². The summed E-state index contributed by atoms with van der Waals surface area (Å²) < 4.78 is 9.12. The van der Waals surface area contributed by atoms with Gasteiger partial charge in [-0.1, -0.05) is 41.7 Å². The number of ether oxygens (including phenoxy) is 1.